The lowest BCUT2D eigenvalue weighted by Gasteiger charge is -2.15. The predicted molar refractivity (Wildman–Crippen MR) is 102 cm³/mol. The number of anilines is 1. The van der Waals surface area contributed by atoms with Crippen molar-refractivity contribution < 1.29 is 19.1 Å². The van der Waals surface area contributed by atoms with E-state index in [0.717, 1.165) is 11.3 Å². The van der Waals surface area contributed by atoms with Crippen molar-refractivity contribution >= 4 is 17.6 Å². The van der Waals surface area contributed by atoms with E-state index in [9.17, 15) is 9.59 Å². The number of methoxy groups -OCH3 is 1. The lowest BCUT2D eigenvalue weighted by atomic mass is 10.1. The molecule has 1 aromatic heterocycles. The number of rotatable bonds is 8. The van der Waals surface area contributed by atoms with Crippen LogP contribution in [0.4, 0.5) is 10.5 Å². The third kappa shape index (κ3) is 6.50. The topological polar surface area (TPSA) is 102 Å². The minimum absolute atomic E-state index is 0.156. The third-order valence-electron chi connectivity index (χ3n) is 3.68. The van der Waals surface area contributed by atoms with Crippen LogP contribution in [0.25, 0.3) is 0 Å². The van der Waals surface area contributed by atoms with Crippen LogP contribution in [0.2, 0.25) is 0 Å². The Labute approximate surface area is 158 Å². The van der Waals surface area contributed by atoms with E-state index >= 15 is 0 Å². The Morgan fingerprint density at radius 2 is 1.89 bits per heavy atom. The maximum absolute atomic E-state index is 12.1. The molecule has 0 radical (unpaired) electrons. The molecule has 1 atom stereocenters. The molecule has 3 amide bonds. The number of nitrogens with zero attached hydrogens (tertiary/aromatic N) is 1. The molecule has 0 fully saturated rings. The van der Waals surface area contributed by atoms with Crippen LogP contribution < -0.4 is 25.4 Å². The van der Waals surface area contributed by atoms with Crippen LogP contribution in [-0.2, 0) is 4.79 Å². The smallest absolute Gasteiger partial charge is 0.319 e. The summed E-state index contributed by atoms with van der Waals surface area (Å²) < 4.78 is 10.5. The number of amides is 3. The SMILES string of the molecule is CCNC(=O)Nc1ccc(OCC(=O)NC(C)c2ccc(OC)cc2)nc1. The molecule has 1 aromatic carbocycles. The summed E-state index contributed by atoms with van der Waals surface area (Å²) in [5, 5.41) is 8.11. The van der Waals surface area contributed by atoms with Crippen LogP contribution in [-0.4, -0.2) is 37.2 Å². The zero-order chi connectivity index (χ0) is 19.6. The number of ether oxygens (including phenoxy) is 2. The van der Waals surface area contributed by atoms with Crippen molar-refractivity contribution in [3.8, 4) is 11.6 Å². The van der Waals surface area contributed by atoms with E-state index in [0.29, 0.717) is 18.1 Å². The molecule has 27 heavy (non-hydrogen) atoms. The molecule has 0 saturated heterocycles. The van der Waals surface area contributed by atoms with Crippen molar-refractivity contribution in [3.05, 3.63) is 48.2 Å². The van der Waals surface area contributed by atoms with Gasteiger partial charge in [-0.3, -0.25) is 4.79 Å². The van der Waals surface area contributed by atoms with Crippen molar-refractivity contribution in [2.45, 2.75) is 19.9 Å². The first-order valence-electron chi connectivity index (χ1n) is 8.58. The van der Waals surface area contributed by atoms with Gasteiger partial charge in [-0.2, -0.15) is 0 Å². The van der Waals surface area contributed by atoms with Gasteiger partial charge in [0.1, 0.15) is 5.75 Å². The Hall–Kier alpha value is -3.29. The predicted octanol–water partition coefficient (Wildman–Crippen LogP) is 2.49. The van der Waals surface area contributed by atoms with Crippen LogP contribution in [0, 0.1) is 0 Å². The van der Waals surface area contributed by atoms with Gasteiger partial charge in [-0.05, 0) is 37.6 Å². The lowest BCUT2D eigenvalue weighted by Crippen LogP contribution is -2.31. The Morgan fingerprint density at radius 3 is 2.48 bits per heavy atom. The molecule has 0 bridgehead atoms. The number of urea groups is 1. The molecule has 0 aliphatic rings. The summed E-state index contributed by atoms with van der Waals surface area (Å²) >= 11 is 0. The minimum atomic E-state index is -0.306. The van der Waals surface area contributed by atoms with Crippen LogP contribution in [0.3, 0.4) is 0 Å². The van der Waals surface area contributed by atoms with E-state index in [1.165, 1.54) is 6.20 Å². The van der Waals surface area contributed by atoms with Crippen molar-refractivity contribution in [3.63, 3.8) is 0 Å². The van der Waals surface area contributed by atoms with E-state index in [4.69, 9.17) is 9.47 Å². The number of nitrogens with one attached hydrogen (secondary N) is 3. The number of aromatic nitrogens is 1. The van der Waals surface area contributed by atoms with Gasteiger partial charge in [-0.15, -0.1) is 0 Å². The van der Waals surface area contributed by atoms with Crippen LogP contribution >= 0.6 is 0 Å². The van der Waals surface area contributed by atoms with Gasteiger partial charge in [0.05, 0.1) is 25.0 Å². The summed E-state index contributed by atoms with van der Waals surface area (Å²) in [5.74, 6) is 0.796. The van der Waals surface area contributed by atoms with E-state index in [1.54, 1.807) is 19.2 Å². The van der Waals surface area contributed by atoms with Crippen LogP contribution in [0.5, 0.6) is 11.6 Å². The number of carbonyl (C=O) groups is 2. The number of pyridine rings is 1. The maximum atomic E-state index is 12.1. The first-order chi connectivity index (χ1) is 13.0. The molecule has 0 aliphatic carbocycles. The van der Waals surface area contributed by atoms with E-state index in [1.807, 2.05) is 38.1 Å². The Kier molecular flexibility index (Phi) is 7.42. The van der Waals surface area contributed by atoms with Crippen molar-refractivity contribution in [2.75, 3.05) is 25.6 Å². The molecular formula is C19H24N4O4. The summed E-state index contributed by atoms with van der Waals surface area (Å²) in [5.41, 5.74) is 1.49. The maximum Gasteiger partial charge on any atom is 0.319 e. The first-order valence-corrected chi connectivity index (χ1v) is 8.58. The standard InChI is InChI=1S/C19H24N4O4/c1-4-20-19(25)23-15-7-10-18(21-11-15)27-12-17(24)22-13(2)14-5-8-16(26-3)9-6-14/h5-11,13H,4,12H2,1-3H3,(H,22,24)(H2,20,23,25). The van der Waals surface area contributed by atoms with Crippen molar-refractivity contribution in [1.29, 1.82) is 0 Å². The second-order valence-corrected chi connectivity index (χ2v) is 5.72. The van der Waals surface area contributed by atoms with Crippen LogP contribution in [0.15, 0.2) is 42.6 Å². The lowest BCUT2D eigenvalue weighted by molar-refractivity contribution is -0.123. The highest BCUT2D eigenvalue weighted by atomic mass is 16.5. The first kappa shape index (κ1) is 20.0. The Bertz CT molecular complexity index is 747. The van der Waals surface area contributed by atoms with Gasteiger partial charge in [0.2, 0.25) is 5.88 Å². The van der Waals surface area contributed by atoms with E-state index in [2.05, 4.69) is 20.9 Å². The highest BCUT2D eigenvalue weighted by Gasteiger charge is 2.11. The van der Waals surface area contributed by atoms with Gasteiger partial charge in [-0.25, -0.2) is 9.78 Å². The van der Waals surface area contributed by atoms with Gasteiger partial charge in [-0.1, -0.05) is 12.1 Å². The van der Waals surface area contributed by atoms with E-state index < -0.39 is 0 Å². The van der Waals surface area contributed by atoms with Crippen LogP contribution in [0.1, 0.15) is 25.5 Å². The van der Waals surface area contributed by atoms with Gasteiger partial charge in [0.25, 0.3) is 5.91 Å². The molecule has 3 N–H and O–H groups in total. The summed E-state index contributed by atoms with van der Waals surface area (Å²) in [4.78, 5) is 27.5. The summed E-state index contributed by atoms with van der Waals surface area (Å²) in [7, 11) is 1.61. The fourth-order valence-electron chi connectivity index (χ4n) is 2.27. The number of benzene rings is 1. The molecule has 0 aliphatic heterocycles. The van der Waals surface area contributed by atoms with E-state index in [-0.39, 0.29) is 24.6 Å². The number of carbonyl (C=O) groups excluding carboxylic acids is 2. The number of hydrogen-bond acceptors (Lipinski definition) is 5. The largest absolute Gasteiger partial charge is 0.497 e. The van der Waals surface area contributed by atoms with Crippen molar-refractivity contribution in [2.24, 2.45) is 0 Å². The average Bonchev–Trinajstić information content (AvgIpc) is 2.67. The monoisotopic (exact) mass is 372 g/mol. The summed E-state index contributed by atoms with van der Waals surface area (Å²) in [6.07, 6.45) is 1.46. The molecular weight excluding hydrogens is 348 g/mol. The quantitative estimate of drug-likeness (QED) is 0.661. The molecule has 0 saturated carbocycles. The normalized spacial score (nSPS) is 11.2. The molecule has 2 aromatic rings. The Morgan fingerprint density at radius 1 is 1.15 bits per heavy atom. The molecule has 144 valence electrons. The molecule has 1 heterocycles. The van der Waals surface area contributed by atoms with Gasteiger partial charge in [0.15, 0.2) is 6.61 Å². The zero-order valence-corrected chi connectivity index (χ0v) is 15.6. The fraction of sp³-hybridized carbons (Fsp3) is 0.316. The van der Waals surface area contributed by atoms with Gasteiger partial charge < -0.3 is 25.4 Å². The highest BCUT2D eigenvalue weighted by molar-refractivity contribution is 5.88. The highest BCUT2D eigenvalue weighted by Crippen LogP contribution is 2.17. The fourth-order valence-corrected chi connectivity index (χ4v) is 2.27. The third-order valence-corrected chi connectivity index (χ3v) is 3.68. The second kappa shape index (κ2) is 10.0. The average molecular weight is 372 g/mol. The number of hydrogen-bond donors (Lipinski definition) is 3. The van der Waals surface area contributed by atoms with Gasteiger partial charge in [0, 0.05) is 12.6 Å². The molecule has 0 spiro atoms. The van der Waals surface area contributed by atoms with Crippen molar-refractivity contribution in [1.82, 2.24) is 15.6 Å². The summed E-state index contributed by atoms with van der Waals surface area (Å²) in [6.45, 7) is 4.09. The zero-order valence-electron chi connectivity index (χ0n) is 15.6. The minimum Gasteiger partial charge on any atom is -0.497 e. The molecule has 2 rings (SSSR count). The Balaban J connectivity index is 1.79. The molecule has 8 nitrogen and oxygen atoms in total. The molecule has 1 unspecified atom stereocenters. The van der Waals surface area contributed by atoms with Gasteiger partial charge >= 0.3 is 6.03 Å². The molecule has 8 heteroatoms. The second-order valence-electron chi connectivity index (χ2n) is 5.72. The summed E-state index contributed by atoms with van der Waals surface area (Å²) in [6, 6.07) is 10.2.